The lowest BCUT2D eigenvalue weighted by Gasteiger charge is -2.25. The molecule has 0 aromatic carbocycles. The predicted octanol–water partition coefficient (Wildman–Crippen LogP) is 0.842. The fraction of sp³-hybridized carbons (Fsp3) is 0.556. The minimum atomic E-state index is -0.0757. The topological polar surface area (TPSA) is 73.0 Å². The lowest BCUT2D eigenvalue weighted by atomic mass is 10.2. The number of nitrogens with zero attached hydrogens (tertiary/aromatic N) is 5. The Bertz CT molecular complexity index is 855. The highest BCUT2D eigenvalue weighted by atomic mass is 16.1. The molecule has 1 atom stereocenters. The van der Waals surface area contributed by atoms with Crippen LogP contribution in [0.15, 0.2) is 40.3 Å². The van der Waals surface area contributed by atoms with Gasteiger partial charge >= 0.3 is 0 Å². The predicted molar refractivity (Wildman–Crippen MR) is 93.6 cm³/mol. The van der Waals surface area contributed by atoms with Crippen LogP contribution in [-0.4, -0.2) is 43.4 Å². The van der Waals surface area contributed by atoms with E-state index in [-0.39, 0.29) is 11.1 Å². The lowest BCUT2D eigenvalue weighted by molar-refractivity contribution is 0.215. The quantitative estimate of drug-likeness (QED) is 0.779. The highest BCUT2D eigenvalue weighted by Gasteiger charge is 2.28. The van der Waals surface area contributed by atoms with Gasteiger partial charge in [0, 0.05) is 43.5 Å². The van der Waals surface area contributed by atoms with Gasteiger partial charge < -0.3 is 4.57 Å². The van der Waals surface area contributed by atoms with E-state index in [1.807, 2.05) is 6.07 Å². The molecule has 7 heteroatoms. The lowest BCUT2D eigenvalue weighted by Crippen LogP contribution is -2.39. The average molecular weight is 341 g/mol. The molecule has 0 bridgehead atoms. The second-order valence-electron chi connectivity index (χ2n) is 6.99. The van der Waals surface area contributed by atoms with Crippen LogP contribution in [0, 0.1) is 0 Å². The smallest absolute Gasteiger partial charge is 0.269 e. The largest absolute Gasteiger partial charge is 0.311 e. The summed E-state index contributed by atoms with van der Waals surface area (Å²) in [5.74, 6) is 0.546. The van der Waals surface area contributed by atoms with E-state index in [0.29, 0.717) is 25.0 Å². The summed E-state index contributed by atoms with van der Waals surface area (Å²) in [4.78, 5) is 30.1. The number of hydrogen-bond donors (Lipinski definition) is 0. The summed E-state index contributed by atoms with van der Waals surface area (Å²) in [6, 6.07) is 3.83. The Balaban J connectivity index is 1.43. The summed E-state index contributed by atoms with van der Waals surface area (Å²) in [5.41, 5.74) is 0.947. The molecule has 0 spiro atoms. The molecule has 1 saturated heterocycles. The van der Waals surface area contributed by atoms with E-state index in [0.717, 1.165) is 31.6 Å². The van der Waals surface area contributed by atoms with Crippen molar-refractivity contribution in [3.05, 3.63) is 57.1 Å². The van der Waals surface area contributed by atoms with Gasteiger partial charge in [0.2, 0.25) is 0 Å². The van der Waals surface area contributed by atoms with Gasteiger partial charge in [-0.05, 0) is 38.3 Å². The Morgan fingerprint density at radius 3 is 2.76 bits per heavy atom. The van der Waals surface area contributed by atoms with Gasteiger partial charge in [0.15, 0.2) is 0 Å². The van der Waals surface area contributed by atoms with E-state index < -0.39 is 0 Å². The second-order valence-corrected chi connectivity index (χ2v) is 6.99. The molecule has 2 fully saturated rings. The van der Waals surface area contributed by atoms with Crippen LogP contribution in [0.2, 0.25) is 0 Å². The highest BCUT2D eigenvalue weighted by molar-refractivity contribution is 5.12. The van der Waals surface area contributed by atoms with Crippen LogP contribution in [0.3, 0.4) is 0 Å². The molecule has 1 aliphatic heterocycles. The van der Waals surface area contributed by atoms with Gasteiger partial charge in [0.25, 0.3) is 11.1 Å². The van der Waals surface area contributed by atoms with Crippen LogP contribution >= 0.6 is 0 Å². The fourth-order valence-corrected chi connectivity index (χ4v) is 3.58. The molecule has 0 amide bonds. The Morgan fingerprint density at radius 2 is 1.96 bits per heavy atom. The molecule has 2 aromatic rings. The van der Waals surface area contributed by atoms with Gasteiger partial charge in [-0.2, -0.15) is 5.10 Å². The molecule has 4 rings (SSSR count). The van der Waals surface area contributed by atoms with Crippen LogP contribution < -0.4 is 11.1 Å². The van der Waals surface area contributed by atoms with E-state index in [2.05, 4.69) is 15.0 Å². The van der Waals surface area contributed by atoms with Crippen molar-refractivity contribution in [1.82, 2.24) is 24.2 Å². The van der Waals surface area contributed by atoms with Crippen molar-refractivity contribution in [1.29, 1.82) is 0 Å². The summed E-state index contributed by atoms with van der Waals surface area (Å²) in [6.45, 7) is 3.07. The number of likely N-dealkylation sites (tertiary alicyclic amines) is 1. The first-order valence-corrected chi connectivity index (χ1v) is 9.03. The van der Waals surface area contributed by atoms with Crippen molar-refractivity contribution in [3.8, 4) is 0 Å². The van der Waals surface area contributed by atoms with E-state index in [1.165, 1.54) is 19.0 Å². The number of hydrogen-bond acceptors (Lipinski definition) is 5. The summed E-state index contributed by atoms with van der Waals surface area (Å²) in [5, 5.41) is 4.58. The van der Waals surface area contributed by atoms with Crippen LogP contribution in [0.25, 0.3) is 0 Å². The summed E-state index contributed by atoms with van der Waals surface area (Å²) < 4.78 is 3.32. The Kier molecular flexibility index (Phi) is 4.48. The Hall–Kier alpha value is -2.28. The minimum Gasteiger partial charge on any atom is -0.311 e. The van der Waals surface area contributed by atoms with E-state index in [4.69, 9.17) is 0 Å². The number of aromatic nitrogens is 4. The van der Waals surface area contributed by atoms with E-state index >= 15 is 0 Å². The number of rotatable bonds is 6. The molecule has 2 aromatic heterocycles. The SMILES string of the molecule is O=c1cnccn1CCN1CCCC1Cn1nc(C2CC2)ccc1=O. The average Bonchev–Trinajstić information content (AvgIpc) is 3.37. The monoisotopic (exact) mass is 341 g/mol. The molecule has 132 valence electrons. The van der Waals surface area contributed by atoms with Crippen LogP contribution in [0.5, 0.6) is 0 Å². The molecule has 1 unspecified atom stereocenters. The maximum Gasteiger partial charge on any atom is 0.269 e. The molecule has 0 radical (unpaired) electrons. The third kappa shape index (κ3) is 3.71. The van der Waals surface area contributed by atoms with Gasteiger partial charge in [-0.25, -0.2) is 4.68 Å². The zero-order valence-electron chi connectivity index (χ0n) is 14.3. The molecule has 0 N–H and O–H groups in total. The van der Waals surface area contributed by atoms with Crippen molar-refractivity contribution in [2.24, 2.45) is 0 Å². The maximum absolute atomic E-state index is 12.2. The fourth-order valence-electron chi connectivity index (χ4n) is 3.58. The molecule has 7 nitrogen and oxygen atoms in total. The molecular weight excluding hydrogens is 318 g/mol. The van der Waals surface area contributed by atoms with Gasteiger partial charge in [0.05, 0.1) is 18.4 Å². The van der Waals surface area contributed by atoms with E-state index in [9.17, 15) is 9.59 Å². The first-order valence-electron chi connectivity index (χ1n) is 9.03. The molecule has 3 heterocycles. The summed E-state index contributed by atoms with van der Waals surface area (Å²) >= 11 is 0. The van der Waals surface area contributed by atoms with Gasteiger partial charge in [-0.1, -0.05) is 0 Å². The standard InChI is InChI=1S/C18H23N5O2/c24-17-6-5-16(14-3-4-14)20-23(17)13-15-2-1-8-21(15)10-11-22-9-7-19-12-18(22)25/h5-7,9,12,14-15H,1-4,8,10-11,13H2. The second kappa shape index (κ2) is 6.92. The zero-order valence-corrected chi connectivity index (χ0v) is 14.3. The molecule has 25 heavy (non-hydrogen) atoms. The normalized spacial score (nSPS) is 20.9. The maximum atomic E-state index is 12.2. The van der Waals surface area contributed by atoms with Crippen molar-refractivity contribution >= 4 is 0 Å². The van der Waals surface area contributed by atoms with Crippen LogP contribution in [-0.2, 0) is 13.1 Å². The van der Waals surface area contributed by atoms with Gasteiger partial charge in [-0.15, -0.1) is 0 Å². The van der Waals surface area contributed by atoms with Crippen molar-refractivity contribution < 1.29 is 0 Å². The summed E-state index contributed by atoms with van der Waals surface area (Å²) in [6.07, 6.45) is 9.24. The minimum absolute atomic E-state index is 0.0263. The summed E-state index contributed by atoms with van der Waals surface area (Å²) in [7, 11) is 0. The first-order chi connectivity index (χ1) is 12.2. The third-order valence-corrected chi connectivity index (χ3v) is 5.19. The van der Waals surface area contributed by atoms with Gasteiger partial charge in [0.1, 0.15) is 0 Å². The van der Waals surface area contributed by atoms with Crippen LogP contribution in [0.1, 0.15) is 37.3 Å². The van der Waals surface area contributed by atoms with Crippen molar-refractivity contribution in [3.63, 3.8) is 0 Å². The Morgan fingerprint density at radius 1 is 1.08 bits per heavy atom. The van der Waals surface area contributed by atoms with Crippen molar-refractivity contribution in [2.45, 2.75) is 50.7 Å². The van der Waals surface area contributed by atoms with Gasteiger partial charge in [-0.3, -0.25) is 19.5 Å². The molecular formula is C18H23N5O2. The molecule has 1 saturated carbocycles. The Labute approximate surface area is 145 Å². The van der Waals surface area contributed by atoms with E-state index in [1.54, 1.807) is 27.7 Å². The zero-order chi connectivity index (χ0) is 17.2. The van der Waals surface area contributed by atoms with Crippen LogP contribution in [0.4, 0.5) is 0 Å². The first kappa shape index (κ1) is 16.2. The third-order valence-electron chi connectivity index (χ3n) is 5.19. The highest BCUT2D eigenvalue weighted by Crippen LogP contribution is 2.38. The molecule has 2 aliphatic rings. The molecule has 1 aliphatic carbocycles. The van der Waals surface area contributed by atoms with Crippen molar-refractivity contribution in [2.75, 3.05) is 13.1 Å².